The minimum absolute atomic E-state index is 0.0543. The number of carboxylic acid groups (broad SMARTS) is 1. The Bertz CT molecular complexity index is 536. The number of nitrogens with zero attached hydrogens (tertiary/aromatic N) is 1. The second-order valence-electron chi connectivity index (χ2n) is 4.17. The minimum Gasteiger partial charge on any atom is -0.481 e. The second-order valence-corrected chi connectivity index (χ2v) is 4.17. The molecular weight excluding hydrogens is 260 g/mol. The highest BCUT2D eigenvalue weighted by molar-refractivity contribution is 6.21. The van der Waals surface area contributed by atoms with Crippen molar-refractivity contribution in [2.45, 2.75) is 12.3 Å². The zero-order valence-corrected chi connectivity index (χ0v) is 9.60. The third-order valence-corrected chi connectivity index (χ3v) is 2.68. The van der Waals surface area contributed by atoms with Crippen LogP contribution in [-0.4, -0.2) is 40.3 Å². The van der Waals surface area contributed by atoms with E-state index < -0.39 is 36.7 Å². The molecule has 0 saturated heterocycles. The van der Waals surface area contributed by atoms with Crippen molar-refractivity contribution in [3.8, 4) is 0 Å². The summed E-state index contributed by atoms with van der Waals surface area (Å²) < 4.78 is 26.7. The Hall–Kier alpha value is -2.31. The van der Waals surface area contributed by atoms with E-state index in [4.69, 9.17) is 5.11 Å². The summed E-state index contributed by atoms with van der Waals surface area (Å²) in [7, 11) is 0. The van der Waals surface area contributed by atoms with Crippen LogP contribution in [-0.2, 0) is 4.79 Å². The Morgan fingerprint density at radius 3 is 2.05 bits per heavy atom. The predicted molar refractivity (Wildman–Crippen MR) is 59.0 cm³/mol. The number of carbonyl (C=O) groups is 3. The van der Waals surface area contributed by atoms with Gasteiger partial charge in [0.25, 0.3) is 17.7 Å². The number of hydrogen-bond donors (Lipinski definition) is 1. The van der Waals surface area contributed by atoms with Crippen LogP contribution in [0.5, 0.6) is 0 Å². The lowest BCUT2D eigenvalue weighted by molar-refractivity contribution is -0.145. The van der Waals surface area contributed by atoms with E-state index in [9.17, 15) is 23.2 Å². The van der Waals surface area contributed by atoms with Crippen molar-refractivity contribution in [1.29, 1.82) is 0 Å². The van der Waals surface area contributed by atoms with Crippen LogP contribution >= 0.6 is 0 Å². The van der Waals surface area contributed by atoms with Crippen LogP contribution in [0.3, 0.4) is 0 Å². The molecule has 7 heteroatoms. The van der Waals surface area contributed by atoms with E-state index >= 15 is 0 Å². The molecule has 2 amide bonds. The first-order chi connectivity index (χ1) is 8.82. The number of amides is 2. The van der Waals surface area contributed by atoms with Gasteiger partial charge in [-0.2, -0.15) is 0 Å². The summed E-state index contributed by atoms with van der Waals surface area (Å²) in [6.07, 6.45) is -1.43. The van der Waals surface area contributed by atoms with Crippen molar-refractivity contribution in [1.82, 2.24) is 4.90 Å². The van der Waals surface area contributed by atoms with E-state index in [0.29, 0.717) is 4.90 Å². The maximum atomic E-state index is 13.4. The lowest BCUT2D eigenvalue weighted by atomic mass is 10.1. The monoisotopic (exact) mass is 269 g/mol. The van der Waals surface area contributed by atoms with Crippen LogP contribution in [0.2, 0.25) is 0 Å². The van der Waals surface area contributed by atoms with Gasteiger partial charge in [0.2, 0.25) is 0 Å². The molecule has 1 aliphatic heterocycles. The number of halogens is 2. The van der Waals surface area contributed by atoms with Gasteiger partial charge in [-0.15, -0.1) is 0 Å². The van der Waals surface area contributed by atoms with Crippen LogP contribution in [0.15, 0.2) is 24.3 Å². The molecule has 1 aromatic carbocycles. The Kier molecular flexibility index (Phi) is 3.05. The molecule has 2 rings (SSSR count). The number of hydrogen-bond acceptors (Lipinski definition) is 3. The number of carboxylic acids is 1. The van der Waals surface area contributed by atoms with Crippen LogP contribution < -0.4 is 0 Å². The number of benzene rings is 1. The van der Waals surface area contributed by atoms with E-state index in [1.807, 2.05) is 0 Å². The van der Waals surface area contributed by atoms with Crippen molar-refractivity contribution < 1.29 is 28.3 Å². The lowest BCUT2D eigenvalue weighted by Crippen LogP contribution is -2.41. The average molecular weight is 269 g/mol. The molecule has 1 aliphatic rings. The summed E-state index contributed by atoms with van der Waals surface area (Å²) in [6.45, 7) is -1.23. The Balaban J connectivity index is 2.23. The summed E-state index contributed by atoms with van der Waals surface area (Å²) in [4.78, 5) is 34.3. The molecule has 0 atom stereocenters. The highest BCUT2D eigenvalue weighted by Crippen LogP contribution is 2.27. The third-order valence-electron chi connectivity index (χ3n) is 2.68. The van der Waals surface area contributed by atoms with Gasteiger partial charge in [-0.1, -0.05) is 12.1 Å². The van der Waals surface area contributed by atoms with Gasteiger partial charge in [0, 0.05) is 0 Å². The summed E-state index contributed by atoms with van der Waals surface area (Å²) in [6, 6.07) is 5.77. The zero-order chi connectivity index (χ0) is 14.2. The molecule has 1 N–H and O–H groups in total. The van der Waals surface area contributed by atoms with Gasteiger partial charge in [0.15, 0.2) is 0 Å². The molecule has 0 spiro atoms. The summed E-state index contributed by atoms with van der Waals surface area (Å²) in [5, 5.41) is 8.36. The molecule has 5 nitrogen and oxygen atoms in total. The van der Waals surface area contributed by atoms with Crippen molar-refractivity contribution in [2.75, 3.05) is 6.54 Å². The molecule has 100 valence electrons. The number of alkyl halides is 2. The molecule has 0 bridgehead atoms. The van der Waals surface area contributed by atoms with Gasteiger partial charge in [0.05, 0.1) is 17.7 Å². The van der Waals surface area contributed by atoms with Crippen molar-refractivity contribution >= 4 is 17.8 Å². The molecular formula is C12H9F2NO4. The molecule has 0 aromatic heterocycles. The van der Waals surface area contributed by atoms with Crippen LogP contribution in [0, 0.1) is 0 Å². The number of carbonyl (C=O) groups excluding carboxylic acids is 2. The van der Waals surface area contributed by atoms with E-state index in [1.54, 1.807) is 0 Å². The minimum atomic E-state index is -3.65. The van der Waals surface area contributed by atoms with Crippen molar-refractivity contribution in [3.05, 3.63) is 35.4 Å². The maximum Gasteiger partial charge on any atom is 0.309 e. The Morgan fingerprint density at radius 1 is 1.16 bits per heavy atom. The van der Waals surface area contributed by atoms with Crippen LogP contribution in [0.25, 0.3) is 0 Å². The van der Waals surface area contributed by atoms with Crippen LogP contribution in [0.4, 0.5) is 8.78 Å². The second kappa shape index (κ2) is 4.42. The van der Waals surface area contributed by atoms with E-state index in [0.717, 1.165) is 0 Å². The van der Waals surface area contributed by atoms with Crippen molar-refractivity contribution in [2.24, 2.45) is 0 Å². The molecule has 0 fully saturated rings. The molecule has 0 aliphatic carbocycles. The largest absolute Gasteiger partial charge is 0.481 e. The van der Waals surface area contributed by atoms with Gasteiger partial charge < -0.3 is 5.11 Å². The van der Waals surface area contributed by atoms with Gasteiger partial charge in [-0.25, -0.2) is 8.78 Å². The molecule has 0 saturated carbocycles. The summed E-state index contributed by atoms with van der Waals surface area (Å²) in [5.74, 6) is -7.00. The number of rotatable bonds is 4. The average Bonchev–Trinajstić information content (AvgIpc) is 2.53. The summed E-state index contributed by atoms with van der Waals surface area (Å²) >= 11 is 0. The van der Waals surface area contributed by atoms with Crippen molar-refractivity contribution in [3.63, 3.8) is 0 Å². The van der Waals surface area contributed by atoms with Gasteiger partial charge in [-0.3, -0.25) is 19.3 Å². The molecule has 1 heterocycles. The van der Waals surface area contributed by atoms with Gasteiger partial charge >= 0.3 is 5.97 Å². The summed E-state index contributed by atoms with van der Waals surface area (Å²) in [5.41, 5.74) is 0.109. The fourth-order valence-corrected chi connectivity index (χ4v) is 1.89. The topological polar surface area (TPSA) is 74.7 Å². The fraction of sp³-hybridized carbons (Fsp3) is 0.250. The van der Waals surface area contributed by atoms with Gasteiger partial charge in [-0.05, 0) is 12.1 Å². The Morgan fingerprint density at radius 2 is 1.63 bits per heavy atom. The Labute approximate surface area is 106 Å². The first-order valence-corrected chi connectivity index (χ1v) is 5.37. The third kappa shape index (κ3) is 2.44. The SMILES string of the molecule is O=C(O)CC(F)(F)CN1C(=O)c2ccccc2C1=O. The first kappa shape index (κ1) is 13.1. The van der Waals surface area contributed by atoms with Gasteiger partial charge in [0.1, 0.15) is 6.42 Å². The molecule has 19 heavy (non-hydrogen) atoms. The molecule has 0 radical (unpaired) electrons. The highest BCUT2D eigenvalue weighted by atomic mass is 19.3. The quantitative estimate of drug-likeness (QED) is 0.838. The van der Waals surface area contributed by atoms with E-state index in [2.05, 4.69) is 0 Å². The fourth-order valence-electron chi connectivity index (χ4n) is 1.89. The predicted octanol–water partition coefficient (Wildman–Crippen LogP) is 1.39. The van der Waals surface area contributed by atoms with Crippen LogP contribution in [0.1, 0.15) is 27.1 Å². The highest BCUT2D eigenvalue weighted by Gasteiger charge is 2.43. The smallest absolute Gasteiger partial charge is 0.309 e. The van der Waals surface area contributed by atoms with E-state index in [1.165, 1.54) is 24.3 Å². The first-order valence-electron chi connectivity index (χ1n) is 5.37. The number of fused-ring (bicyclic) bond motifs is 1. The maximum absolute atomic E-state index is 13.4. The van der Waals surface area contributed by atoms with E-state index in [-0.39, 0.29) is 11.1 Å². The standard InChI is InChI=1S/C12H9F2NO4/c13-12(14,5-9(16)17)6-15-10(18)7-3-1-2-4-8(7)11(15)19/h1-4H,5-6H2,(H,16,17). The lowest BCUT2D eigenvalue weighted by Gasteiger charge is -2.20. The number of imide groups is 1. The normalized spacial score (nSPS) is 14.7. The molecule has 0 unspecified atom stereocenters. The zero-order valence-electron chi connectivity index (χ0n) is 9.60. The molecule has 1 aromatic rings. The number of aliphatic carboxylic acids is 1.